The molecule has 0 aliphatic heterocycles. The van der Waals surface area contributed by atoms with Gasteiger partial charge in [0.1, 0.15) is 4.90 Å². The minimum Gasteiger partial charge on any atom is -0.385 e. The van der Waals surface area contributed by atoms with Gasteiger partial charge in [0.15, 0.2) is 5.82 Å². The Morgan fingerprint density at radius 2 is 2.24 bits per heavy atom. The lowest BCUT2D eigenvalue weighted by molar-refractivity contribution is 0.173. The molecular weight excluding hydrogens is 316 g/mol. The summed E-state index contributed by atoms with van der Waals surface area (Å²) in [6.45, 7) is 1.03. The van der Waals surface area contributed by atoms with Gasteiger partial charge in [0, 0.05) is 26.5 Å². The number of nitrogens with zero attached hydrogens (tertiary/aromatic N) is 1. The molecule has 1 aromatic heterocycles. The fourth-order valence-corrected chi connectivity index (χ4v) is 3.43. The van der Waals surface area contributed by atoms with E-state index in [4.69, 9.17) is 22.2 Å². The van der Waals surface area contributed by atoms with Gasteiger partial charge in [0.2, 0.25) is 10.0 Å². The average molecular weight is 335 g/mol. The Kier molecular flexibility index (Phi) is 5.05. The molecule has 0 unspecified atom stereocenters. The summed E-state index contributed by atoms with van der Waals surface area (Å²) < 4.78 is 32.1. The molecule has 0 spiro atoms. The minimum atomic E-state index is -3.63. The predicted octanol–water partition coefficient (Wildman–Crippen LogP) is 1.12. The number of nitrogen functional groups attached to an aromatic ring is 1. The van der Waals surface area contributed by atoms with Crippen LogP contribution in [0.1, 0.15) is 19.3 Å². The summed E-state index contributed by atoms with van der Waals surface area (Å²) in [5.41, 5.74) is 2.32. The summed E-state index contributed by atoms with van der Waals surface area (Å²) in [6.07, 6.45) is 4.08. The molecule has 0 aromatic carbocycles. The second kappa shape index (κ2) is 6.45. The molecular formula is C12H19ClN4O3S. The van der Waals surface area contributed by atoms with Crippen LogP contribution in [0, 0.1) is 5.41 Å². The smallest absolute Gasteiger partial charge is 0.242 e. The van der Waals surface area contributed by atoms with E-state index < -0.39 is 10.0 Å². The molecule has 0 saturated heterocycles. The summed E-state index contributed by atoms with van der Waals surface area (Å²) in [7, 11) is -1.99. The number of nitrogens with two attached hydrogens (primary N) is 1. The van der Waals surface area contributed by atoms with Gasteiger partial charge in [0.25, 0.3) is 0 Å². The lowest BCUT2D eigenvalue weighted by atomic mass is 10.0. The third kappa shape index (κ3) is 4.04. The van der Waals surface area contributed by atoms with Crippen molar-refractivity contribution < 1.29 is 13.2 Å². The zero-order chi connectivity index (χ0) is 15.5. The molecule has 2 rings (SSSR count). The van der Waals surface area contributed by atoms with Crippen LogP contribution in [0.4, 0.5) is 5.82 Å². The van der Waals surface area contributed by atoms with Crippen molar-refractivity contribution in [1.29, 1.82) is 0 Å². The Balaban J connectivity index is 2.03. The Hall–Kier alpha value is -0.930. The first-order valence-electron chi connectivity index (χ1n) is 6.53. The molecule has 1 saturated carbocycles. The van der Waals surface area contributed by atoms with Crippen molar-refractivity contribution >= 4 is 27.4 Å². The number of hydrogen-bond acceptors (Lipinski definition) is 6. The van der Waals surface area contributed by atoms with E-state index >= 15 is 0 Å². The first kappa shape index (κ1) is 16.4. The molecule has 0 atom stereocenters. The zero-order valence-corrected chi connectivity index (χ0v) is 13.3. The third-order valence-corrected chi connectivity index (χ3v) is 5.35. The highest BCUT2D eigenvalue weighted by molar-refractivity contribution is 7.89. The number of hydrazine groups is 1. The van der Waals surface area contributed by atoms with Crippen LogP contribution in [0.25, 0.3) is 0 Å². The van der Waals surface area contributed by atoms with Gasteiger partial charge in [-0.15, -0.1) is 0 Å². The van der Waals surface area contributed by atoms with Crippen LogP contribution in [0.2, 0.25) is 5.02 Å². The maximum Gasteiger partial charge on any atom is 0.242 e. The summed E-state index contributed by atoms with van der Waals surface area (Å²) in [5, 5.41) is 0.154. The first-order chi connectivity index (χ1) is 9.92. The van der Waals surface area contributed by atoms with Gasteiger partial charge < -0.3 is 10.2 Å². The number of rotatable bonds is 8. The van der Waals surface area contributed by atoms with E-state index in [9.17, 15) is 8.42 Å². The third-order valence-electron chi connectivity index (χ3n) is 3.69. The number of halogens is 1. The number of ether oxygens (including phenoxy) is 1. The maximum atomic E-state index is 12.2. The number of nitrogens with one attached hydrogen (secondary N) is 2. The van der Waals surface area contributed by atoms with E-state index in [2.05, 4.69) is 15.1 Å². The van der Waals surface area contributed by atoms with Crippen molar-refractivity contribution in [3.63, 3.8) is 0 Å². The van der Waals surface area contributed by atoms with Crippen LogP contribution in [-0.4, -0.2) is 33.7 Å². The van der Waals surface area contributed by atoms with E-state index in [-0.39, 0.29) is 21.2 Å². The second-order valence-electron chi connectivity index (χ2n) is 5.21. The van der Waals surface area contributed by atoms with Crippen molar-refractivity contribution in [2.45, 2.75) is 24.2 Å². The molecule has 1 heterocycles. The number of aromatic nitrogens is 1. The monoisotopic (exact) mass is 334 g/mol. The molecule has 0 radical (unpaired) electrons. The van der Waals surface area contributed by atoms with E-state index in [1.54, 1.807) is 7.11 Å². The topological polar surface area (TPSA) is 106 Å². The number of pyridine rings is 1. The van der Waals surface area contributed by atoms with Crippen LogP contribution in [-0.2, 0) is 14.8 Å². The molecule has 7 nitrogen and oxygen atoms in total. The van der Waals surface area contributed by atoms with Crippen molar-refractivity contribution in [3.05, 3.63) is 17.3 Å². The largest absolute Gasteiger partial charge is 0.385 e. The molecule has 1 aliphatic carbocycles. The van der Waals surface area contributed by atoms with Crippen LogP contribution >= 0.6 is 11.6 Å². The molecule has 0 bridgehead atoms. The predicted molar refractivity (Wildman–Crippen MR) is 80.4 cm³/mol. The van der Waals surface area contributed by atoms with Gasteiger partial charge in [-0.05, 0) is 30.7 Å². The number of methoxy groups -OCH3 is 1. The SMILES string of the molecule is COCCC1(CNS(=O)(=O)c2cnc(NN)c(Cl)c2)CC1. The molecule has 9 heteroatoms. The summed E-state index contributed by atoms with van der Waals surface area (Å²) in [6, 6.07) is 1.32. The Labute approximate surface area is 129 Å². The normalized spacial score (nSPS) is 16.7. The van der Waals surface area contributed by atoms with Crippen LogP contribution in [0.5, 0.6) is 0 Å². The van der Waals surface area contributed by atoms with Crippen LogP contribution in [0.3, 0.4) is 0 Å². The van der Waals surface area contributed by atoms with Gasteiger partial charge in [-0.2, -0.15) is 0 Å². The highest BCUT2D eigenvalue weighted by Gasteiger charge is 2.42. The highest BCUT2D eigenvalue weighted by atomic mass is 35.5. The van der Waals surface area contributed by atoms with Gasteiger partial charge in [-0.1, -0.05) is 11.6 Å². The van der Waals surface area contributed by atoms with Gasteiger partial charge >= 0.3 is 0 Å². The van der Waals surface area contributed by atoms with Crippen molar-refractivity contribution in [2.24, 2.45) is 11.3 Å². The average Bonchev–Trinajstić information content (AvgIpc) is 3.24. The second-order valence-corrected chi connectivity index (χ2v) is 7.39. The molecule has 1 aromatic rings. The Morgan fingerprint density at radius 3 is 2.76 bits per heavy atom. The quantitative estimate of drug-likeness (QED) is 0.486. The first-order valence-corrected chi connectivity index (χ1v) is 8.39. The zero-order valence-electron chi connectivity index (χ0n) is 11.7. The van der Waals surface area contributed by atoms with Crippen molar-refractivity contribution in [1.82, 2.24) is 9.71 Å². The summed E-state index contributed by atoms with van der Waals surface area (Å²) >= 11 is 5.89. The van der Waals surface area contributed by atoms with Gasteiger partial charge in [-0.3, -0.25) is 0 Å². The lowest BCUT2D eigenvalue weighted by Crippen LogP contribution is -2.31. The van der Waals surface area contributed by atoms with E-state index in [0.29, 0.717) is 13.2 Å². The van der Waals surface area contributed by atoms with E-state index in [1.807, 2.05) is 0 Å². The molecule has 0 amide bonds. The molecule has 118 valence electrons. The Morgan fingerprint density at radius 1 is 1.52 bits per heavy atom. The minimum absolute atomic E-state index is 0.0223. The number of sulfonamides is 1. The fraction of sp³-hybridized carbons (Fsp3) is 0.583. The molecule has 21 heavy (non-hydrogen) atoms. The summed E-state index contributed by atoms with van der Waals surface area (Å²) in [5.74, 6) is 5.44. The fourth-order valence-electron chi connectivity index (χ4n) is 2.02. The van der Waals surface area contributed by atoms with Crippen molar-refractivity contribution in [2.75, 3.05) is 25.7 Å². The molecule has 1 aliphatic rings. The van der Waals surface area contributed by atoms with E-state index in [1.165, 1.54) is 12.3 Å². The van der Waals surface area contributed by atoms with Crippen LogP contribution in [0.15, 0.2) is 17.2 Å². The van der Waals surface area contributed by atoms with E-state index in [0.717, 1.165) is 19.3 Å². The van der Waals surface area contributed by atoms with Crippen molar-refractivity contribution in [3.8, 4) is 0 Å². The standard InChI is InChI=1S/C12H19ClN4O3S/c1-20-5-4-12(2-3-12)8-16-21(18,19)9-6-10(13)11(17-14)15-7-9/h6-7,16H,2-5,8,14H2,1H3,(H,15,17). The number of hydrogen-bond donors (Lipinski definition) is 3. The summed E-state index contributed by atoms with van der Waals surface area (Å²) in [4.78, 5) is 3.89. The Bertz CT molecular complexity index is 605. The number of anilines is 1. The van der Waals surface area contributed by atoms with Crippen LogP contribution < -0.4 is 16.0 Å². The maximum absolute atomic E-state index is 12.2. The molecule has 1 fully saturated rings. The van der Waals surface area contributed by atoms with Gasteiger partial charge in [0.05, 0.1) is 5.02 Å². The lowest BCUT2D eigenvalue weighted by Gasteiger charge is -2.15. The van der Waals surface area contributed by atoms with Gasteiger partial charge in [-0.25, -0.2) is 24.0 Å². The molecule has 4 N–H and O–H groups in total. The highest BCUT2D eigenvalue weighted by Crippen LogP contribution is 2.48.